The predicted molar refractivity (Wildman–Crippen MR) is 47.7 cm³/mol. The molecule has 0 fully saturated rings. The van der Waals surface area contributed by atoms with Crippen molar-refractivity contribution in [3.63, 3.8) is 0 Å². The second-order valence-corrected chi connectivity index (χ2v) is 2.31. The Balaban J connectivity index is 3.22. The molecule has 1 amide bonds. The third-order valence-corrected chi connectivity index (χ3v) is 1.61. The van der Waals surface area contributed by atoms with Crippen LogP contribution in [0.15, 0.2) is 24.3 Å². The zero-order valence-electron chi connectivity index (χ0n) is 5.78. The molecular weight excluding hydrogens is 158 g/mol. The van der Waals surface area contributed by atoms with Crippen molar-refractivity contribution in [3.05, 3.63) is 35.4 Å². The molecule has 0 aliphatic heterocycles. The van der Waals surface area contributed by atoms with Crippen LogP contribution in [0, 0.1) is 0 Å². The summed E-state index contributed by atoms with van der Waals surface area (Å²) in [5.74, 6) is -0.443. The summed E-state index contributed by atoms with van der Waals surface area (Å²) in [6.45, 7) is 0. The van der Waals surface area contributed by atoms with Crippen LogP contribution in [0.25, 0.3) is 0 Å². The van der Waals surface area contributed by atoms with Gasteiger partial charge in [-0.3, -0.25) is 4.79 Å². The number of carbonyl (C=O) groups excluding carboxylic acids is 1. The van der Waals surface area contributed by atoms with Gasteiger partial charge in [0.25, 0.3) is 0 Å². The molecule has 0 aliphatic rings. The van der Waals surface area contributed by atoms with Crippen molar-refractivity contribution in [2.45, 2.75) is 0 Å². The van der Waals surface area contributed by atoms with Gasteiger partial charge >= 0.3 is 0 Å². The first-order valence-corrected chi connectivity index (χ1v) is 3.57. The normalized spacial score (nSPS) is 9.09. The highest BCUT2D eigenvalue weighted by molar-refractivity contribution is 7.79. The molecule has 11 heavy (non-hydrogen) atoms. The van der Waals surface area contributed by atoms with E-state index in [0.717, 1.165) is 0 Å². The van der Waals surface area contributed by atoms with Crippen molar-refractivity contribution in [2.24, 2.45) is 5.73 Å². The predicted octanol–water partition coefficient (Wildman–Crippen LogP) is 1.13. The molecule has 3 heteroatoms. The second kappa shape index (κ2) is 3.25. The van der Waals surface area contributed by atoms with Crippen molar-refractivity contribution in [3.8, 4) is 0 Å². The molecule has 0 radical (unpaired) electrons. The number of benzene rings is 1. The van der Waals surface area contributed by atoms with Gasteiger partial charge in [0.1, 0.15) is 0 Å². The summed E-state index contributed by atoms with van der Waals surface area (Å²) < 4.78 is 0. The van der Waals surface area contributed by atoms with Gasteiger partial charge in [0, 0.05) is 10.9 Å². The van der Waals surface area contributed by atoms with Crippen LogP contribution in [0.2, 0.25) is 0 Å². The number of rotatable bonds is 2. The summed E-state index contributed by atoms with van der Waals surface area (Å²) in [4.78, 5) is 10.7. The lowest BCUT2D eigenvalue weighted by molar-refractivity contribution is 0.100. The highest BCUT2D eigenvalue weighted by atomic mass is 32.1. The first-order valence-electron chi connectivity index (χ1n) is 3.09. The number of nitrogens with two attached hydrogens (primary N) is 1. The van der Waals surface area contributed by atoms with Gasteiger partial charge in [-0.05, 0) is 11.6 Å². The van der Waals surface area contributed by atoms with Crippen LogP contribution in [0.5, 0.6) is 0 Å². The molecule has 0 bridgehead atoms. The number of thiocarbonyl (C=S) groups is 1. The molecule has 0 heterocycles. The van der Waals surface area contributed by atoms with E-state index in [1.54, 1.807) is 18.2 Å². The van der Waals surface area contributed by atoms with E-state index in [4.69, 9.17) is 18.0 Å². The average Bonchev–Trinajstić information content (AvgIpc) is 2.04. The summed E-state index contributed by atoms with van der Waals surface area (Å²) in [7, 11) is 0. The van der Waals surface area contributed by atoms with Crippen LogP contribution in [0.1, 0.15) is 15.9 Å². The fourth-order valence-electron chi connectivity index (χ4n) is 0.824. The Labute approximate surface area is 70.0 Å². The zero-order chi connectivity index (χ0) is 8.27. The summed E-state index contributed by atoms with van der Waals surface area (Å²) in [5, 5.41) is 1.44. The fourth-order valence-corrected chi connectivity index (χ4v) is 1.03. The Morgan fingerprint density at radius 2 is 2.09 bits per heavy atom. The minimum atomic E-state index is -0.443. The average molecular weight is 165 g/mol. The monoisotopic (exact) mass is 165 g/mol. The molecule has 1 aromatic rings. The third kappa shape index (κ3) is 1.62. The zero-order valence-corrected chi connectivity index (χ0v) is 6.60. The van der Waals surface area contributed by atoms with Gasteiger partial charge < -0.3 is 5.73 Å². The molecule has 2 N–H and O–H groups in total. The van der Waals surface area contributed by atoms with Gasteiger partial charge in [0.05, 0.1) is 0 Å². The molecule has 2 nitrogen and oxygen atoms in total. The van der Waals surface area contributed by atoms with E-state index >= 15 is 0 Å². The van der Waals surface area contributed by atoms with Crippen molar-refractivity contribution < 1.29 is 4.79 Å². The topological polar surface area (TPSA) is 43.1 Å². The van der Waals surface area contributed by atoms with Crippen LogP contribution >= 0.6 is 12.2 Å². The lowest BCUT2D eigenvalue weighted by Crippen LogP contribution is -2.12. The first-order chi connectivity index (χ1) is 5.25. The van der Waals surface area contributed by atoms with Gasteiger partial charge in [-0.2, -0.15) is 0 Å². The Morgan fingerprint density at radius 3 is 2.55 bits per heavy atom. The summed E-state index contributed by atoms with van der Waals surface area (Å²) in [6.07, 6.45) is 0. The summed E-state index contributed by atoms with van der Waals surface area (Å²) in [5.41, 5.74) is 6.26. The molecule has 0 saturated carbocycles. The van der Waals surface area contributed by atoms with Crippen molar-refractivity contribution >= 4 is 23.5 Å². The molecule has 0 unspecified atom stereocenters. The molecular formula is C8H7NOS. The van der Waals surface area contributed by atoms with Crippen molar-refractivity contribution in [2.75, 3.05) is 0 Å². The Morgan fingerprint density at radius 1 is 1.45 bits per heavy atom. The molecule has 0 aliphatic carbocycles. The molecule has 1 rings (SSSR count). The Kier molecular flexibility index (Phi) is 2.33. The lowest BCUT2D eigenvalue weighted by atomic mass is 10.1. The van der Waals surface area contributed by atoms with Gasteiger partial charge in [-0.15, -0.1) is 0 Å². The summed E-state index contributed by atoms with van der Waals surface area (Å²) in [6, 6.07) is 6.97. The quantitative estimate of drug-likeness (QED) is 0.667. The minimum Gasteiger partial charge on any atom is -0.366 e. The molecule has 0 aromatic heterocycles. The van der Waals surface area contributed by atoms with Gasteiger partial charge in [0.2, 0.25) is 5.91 Å². The Bertz CT molecular complexity index is 296. The molecule has 1 aromatic carbocycles. The minimum absolute atomic E-state index is 0.443. The highest BCUT2D eigenvalue weighted by Crippen LogP contribution is 2.04. The van der Waals surface area contributed by atoms with Crippen LogP contribution in [0.3, 0.4) is 0 Å². The number of hydrogen-bond acceptors (Lipinski definition) is 2. The largest absolute Gasteiger partial charge is 0.366 e. The standard InChI is InChI=1S/C8H7NOS/c9-8(10)7-4-2-1-3-6(7)5-11/h1-5H,(H2,9,10). The smallest absolute Gasteiger partial charge is 0.249 e. The number of amides is 1. The maximum Gasteiger partial charge on any atom is 0.249 e. The van der Waals surface area contributed by atoms with Gasteiger partial charge in [-0.25, -0.2) is 0 Å². The molecule has 0 saturated heterocycles. The second-order valence-electron chi connectivity index (χ2n) is 2.07. The third-order valence-electron chi connectivity index (χ3n) is 1.35. The van der Waals surface area contributed by atoms with Crippen molar-refractivity contribution in [1.82, 2.24) is 0 Å². The number of primary amides is 1. The van der Waals surface area contributed by atoms with E-state index in [1.807, 2.05) is 6.07 Å². The molecule has 0 atom stereocenters. The summed E-state index contributed by atoms with van der Waals surface area (Å²) >= 11 is 4.69. The molecule has 0 spiro atoms. The van der Waals surface area contributed by atoms with Crippen LogP contribution in [0.4, 0.5) is 0 Å². The lowest BCUT2D eigenvalue weighted by Gasteiger charge is -1.97. The maximum absolute atomic E-state index is 10.7. The molecule has 56 valence electrons. The van der Waals surface area contributed by atoms with Crippen LogP contribution < -0.4 is 5.73 Å². The van der Waals surface area contributed by atoms with Gasteiger partial charge in [-0.1, -0.05) is 30.4 Å². The van der Waals surface area contributed by atoms with Crippen LogP contribution in [-0.2, 0) is 0 Å². The van der Waals surface area contributed by atoms with E-state index in [2.05, 4.69) is 0 Å². The Hall–Kier alpha value is -1.22. The number of carbonyl (C=O) groups is 1. The van der Waals surface area contributed by atoms with E-state index < -0.39 is 5.91 Å². The van der Waals surface area contributed by atoms with E-state index in [1.165, 1.54) is 5.37 Å². The van der Waals surface area contributed by atoms with E-state index in [-0.39, 0.29) is 0 Å². The first kappa shape index (κ1) is 7.88. The van der Waals surface area contributed by atoms with Gasteiger partial charge in [0.15, 0.2) is 0 Å². The maximum atomic E-state index is 10.7. The van der Waals surface area contributed by atoms with E-state index in [0.29, 0.717) is 11.1 Å². The fraction of sp³-hybridized carbons (Fsp3) is 0. The van der Waals surface area contributed by atoms with Crippen LogP contribution in [-0.4, -0.2) is 11.3 Å². The SMILES string of the molecule is NC(=O)c1ccccc1C=S. The highest BCUT2D eigenvalue weighted by Gasteiger charge is 2.02. The van der Waals surface area contributed by atoms with Crippen molar-refractivity contribution in [1.29, 1.82) is 0 Å². The number of hydrogen-bond donors (Lipinski definition) is 1. The van der Waals surface area contributed by atoms with E-state index in [9.17, 15) is 4.79 Å².